The van der Waals surface area contributed by atoms with E-state index in [1.54, 1.807) is 0 Å². The number of primary amides is 1. The number of hydrogen-bond donors (Lipinski definition) is 2. The van der Waals surface area contributed by atoms with Gasteiger partial charge in [-0.1, -0.05) is 60.7 Å². The van der Waals surface area contributed by atoms with Crippen LogP contribution in [0.15, 0.2) is 78.9 Å². The molecule has 0 bridgehead atoms. The highest BCUT2D eigenvalue weighted by Gasteiger charge is 2.32. The van der Waals surface area contributed by atoms with Gasteiger partial charge in [0.2, 0.25) is 5.91 Å². The van der Waals surface area contributed by atoms with E-state index in [0.717, 1.165) is 25.4 Å². The van der Waals surface area contributed by atoms with E-state index in [9.17, 15) is 4.79 Å². The molecule has 1 aliphatic heterocycles. The molecule has 5 nitrogen and oxygen atoms in total. The minimum atomic E-state index is -0.379. The third kappa shape index (κ3) is 4.88. The van der Waals surface area contributed by atoms with Gasteiger partial charge in [-0.05, 0) is 55.0 Å². The molecule has 3 aromatic carbocycles. The molecule has 2 aliphatic rings. The molecule has 0 aromatic heterocycles. The van der Waals surface area contributed by atoms with Crippen molar-refractivity contribution >= 4 is 17.3 Å². The van der Waals surface area contributed by atoms with Crippen LogP contribution in [0.1, 0.15) is 47.2 Å². The molecule has 1 aliphatic carbocycles. The van der Waals surface area contributed by atoms with Gasteiger partial charge >= 0.3 is 0 Å². The molecule has 0 atom stereocenters. The van der Waals surface area contributed by atoms with Gasteiger partial charge < -0.3 is 16.0 Å². The van der Waals surface area contributed by atoms with Crippen molar-refractivity contribution in [1.29, 1.82) is 0 Å². The van der Waals surface area contributed by atoms with Crippen molar-refractivity contribution in [2.45, 2.75) is 50.9 Å². The summed E-state index contributed by atoms with van der Waals surface area (Å²) >= 11 is 0. The Labute approximate surface area is 196 Å². The zero-order valence-electron chi connectivity index (χ0n) is 19.0. The van der Waals surface area contributed by atoms with Gasteiger partial charge in [0.25, 0.3) is 0 Å². The summed E-state index contributed by atoms with van der Waals surface area (Å²) < 4.78 is 0. The van der Waals surface area contributed by atoms with Crippen LogP contribution in [0.3, 0.4) is 0 Å². The zero-order valence-corrected chi connectivity index (χ0v) is 19.0. The molecule has 1 saturated carbocycles. The highest BCUT2D eigenvalue weighted by molar-refractivity contribution is 5.95. The molecule has 170 valence electrons. The number of nitrogens with two attached hydrogens (primary N) is 1. The summed E-state index contributed by atoms with van der Waals surface area (Å²) in [5.74, 6) is -0.379. The second kappa shape index (κ2) is 9.67. The van der Waals surface area contributed by atoms with Crippen molar-refractivity contribution in [3.8, 4) is 0 Å². The van der Waals surface area contributed by atoms with Gasteiger partial charge in [-0.25, -0.2) is 0 Å². The van der Waals surface area contributed by atoms with Gasteiger partial charge in [-0.3, -0.25) is 9.69 Å². The van der Waals surface area contributed by atoms with Crippen LogP contribution in [0.25, 0.3) is 0 Å². The first-order valence-corrected chi connectivity index (χ1v) is 11.9. The lowest BCUT2D eigenvalue weighted by atomic mass is 9.88. The minimum Gasteiger partial charge on any atom is -0.366 e. The Bertz CT molecular complexity index is 1040. The van der Waals surface area contributed by atoms with Crippen molar-refractivity contribution in [3.63, 3.8) is 0 Å². The van der Waals surface area contributed by atoms with Crippen LogP contribution < -0.4 is 16.0 Å². The first-order chi connectivity index (χ1) is 16.2. The smallest absolute Gasteiger partial charge is 0.248 e. The van der Waals surface area contributed by atoms with E-state index in [1.807, 2.05) is 18.2 Å². The lowest BCUT2D eigenvalue weighted by Gasteiger charge is -2.40. The number of carbonyl (C=O) groups excluding carboxylic acids is 1. The molecule has 0 saturated heterocycles. The number of rotatable bonds is 7. The summed E-state index contributed by atoms with van der Waals surface area (Å²) in [5, 5.41) is 3.45. The van der Waals surface area contributed by atoms with Gasteiger partial charge in [0, 0.05) is 30.7 Å². The Morgan fingerprint density at radius 1 is 0.879 bits per heavy atom. The molecule has 0 radical (unpaired) electrons. The lowest BCUT2D eigenvalue weighted by Crippen LogP contribution is -2.43. The Morgan fingerprint density at radius 3 is 2.06 bits per heavy atom. The van der Waals surface area contributed by atoms with Crippen LogP contribution >= 0.6 is 0 Å². The van der Waals surface area contributed by atoms with E-state index in [4.69, 9.17) is 5.73 Å². The average Bonchev–Trinajstić information content (AvgIpc) is 3.28. The number of nitrogens with zero attached hydrogens (tertiary/aromatic N) is 2. The van der Waals surface area contributed by atoms with Gasteiger partial charge in [0.1, 0.15) is 0 Å². The molecule has 0 unspecified atom stereocenters. The van der Waals surface area contributed by atoms with Gasteiger partial charge in [0.05, 0.1) is 18.0 Å². The second-order valence-corrected chi connectivity index (χ2v) is 9.24. The van der Waals surface area contributed by atoms with Crippen LogP contribution in [0.5, 0.6) is 0 Å². The molecule has 5 rings (SSSR count). The van der Waals surface area contributed by atoms with E-state index in [-0.39, 0.29) is 5.91 Å². The fourth-order valence-corrected chi connectivity index (χ4v) is 5.35. The topological polar surface area (TPSA) is 61.6 Å². The Balaban J connectivity index is 1.27. The monoisotopic (exact) mass is 440 g/mol. The number of amides is 1. The van der Waals surface area contributed by atoms with Crippen LogP contribution in [0, 0.1) is 0 Å². The lowest BCUT2D eigenvalue weighted by molar-refractivity contribution is 0.100. The molecule has 1 fully saturated rings. The average molecular weight is 441 g/mol. The first-order valence-electron chi connectivity index (χ1n) is 11.9. The fourth-order valence-electron chi connectivity index (χ4n) is 5.35. The molecular formula is C28H32N4O. The third-order valence-corrected chi connectivity index (χ3v) is 7.11. The molecule has 1 amide bonds. The molecule has 5 heteroatoms. The predicted molar refractivity (Wildman–Crippen MR) is 134 cm³/mol. The van der Waals surface area contributed by atoms with Gasteiger partial charge in [-0.15, -0.1) is 0 Å². The van der Waals surface area contributed by atoms with Crippen molar-refractivity contribution in [3.05, 3.63) is 95.6 Å². The zero-order chi connectivity index (χ0) is 22.6. The highest BCUT2D eigenvalue weighted by Crippen LogP contribution is 2.38. The summed E-state index contributed by atoms with van der Waals surface area (Å²) in [6.45, 7) is 2.76. The van der Waals surface area contributed by atoms with Crippen molar-refractivity contribution in [2.24, 2.45) is 5.73 Å². The highest BCUT2D eigenvalue weighted by atomic mass is 16.1. The Kier molecular flexibility index (Phi) is 6.31. The maximum Gasteiger partial charge on any atom is 0.248 e. The Morgan fingerprint density at radius 2 is 1.48 bits per heavy atom. The summed E-state index contributed by atoms with van der Waals surface area (Å²) in [4.78, 5) is 16.7. The quantitative estimate of drug-likeness (QED) is 0.543. The molecule has 33 heavy (non-hydrogen) atoms. The van der Waals surface area contributed by atoms with Crippen LogP contribution in [-0.4, -0.2) is 29.6 Å². The molecule has 1 heterocycles. The third-order valence-electron chi connectivity index (χ3n) is 7.11. The standard InChI is InChI=1S/C28H32N4O/c29-28(33)23-11-16-27-26(17-23)30-20-32(27)25-14-12-24(13-15-25)31(18-21-7-3-1-4-8-21)19-22-9-5-2-6-10-22/h1-11,16-17,24-25,30H,12-15,18-20H2,(H2,29,33). The van der Waals surface area contributed by atoms with Crippen LogP contribution in [-0.2, 0) is 13.1 Å². The van der Waals surface area contributed by atoms with E-state index in [1.165, 1.54) is 42.5 Å². The summed E-state index contributed by atoms with van der Waals surface area (Å²) in [5.41, 5.74) is 11.0. The van der Waals surface area contributed by atoms with E-state index < -0.39 is 0 Å². The number of fused-ring (bicyclic) bond motifs is 1. The van der Waals surface area contributed by atoms with E-state index >= 15 is 0 Å². The number of nitrogens with one attached hydrogen (secondary N) is 1. The molecular weight excluding hydrogens is 408 g/mol. The summed E-state index contributed by atoms with van der Waals surface area (Å²) in [6.07, 6.45) is 4.72. The van der Waals surface area contributed by atoms with Crippen LogP contribution in [0.2, 0.25) is 0 Å². The maximum absolute atomic E-state index is 11.5. The van der Waals surface area contributed by atoms with Gasteiger partial charge in [0.15, 0.2) is 0 Å². The van der Waals surface area contributed by atoms with Crippen LogP contribution in [0.4, 0.5) is 11.4 Å². The summed E-state index contributed by atoms with van der Waals surface area (Å²) in [6, 6.07) is 28.5. The maximum atomic E-state index is 11.5. The normalized spacial score (nSPS) is 19.8. The van der Waals surface area contributed by atoms with Crippen molar-refractivity contribution in [1.82, 2.24) is 4.90 Å². The Hall–Kier alpha value is -3.31. The minimum absolute atomic E-state index is 0.379. The van der Waals surface area contributed by atoms with Crippen molar-refractivity contribution < 1.29 is 4.79 Å². The molecule has 3 N–H and O–H groups in total. The largest absolute Gasteiger partial charge is 0.366 e. The number of anilines is 2. The van der Waals surface area contributed by atoms with E-state index in [2.05, 4.69) is 75.8 Å². The fraction of sp³-hybridized carbons (Fsp3) is 0.321. The predicted octanol–water partition coefficient (Wildman–Crippen LogP) is 4.99. The van der Waals surface area contributed by atoms with Gasteiger partial charge in [-0.2, -0.15) is 0 Å². The second-order valence-electron chi connectivity index (χ2n) is 9.24. The van der Waals surface area contributed by atoms with Crippen molar-refractivity contribution in [2.75, 3.05) is 16.9 Å². The first kappa shape index (κ1) is 21.5. The molecule has 3 aromatic rings. The number of carbonyl (C=O) groups is 1. The number of benzene rings is 3. The molecule has 0 spiro atoms. The SMILES string of the molecule is NC(=O)c1ccc2c(c1)NCN2C1CCC(N(Cc2ccccc2)Cc2ccccc2)CC1. The van der Waals surface area contributed by atoms with E-state index in [0.29, 0.717) is 17.6 Å². The summed E-state index contributed by atoms with van der Waals surface area (Å²) in [7, 11) is 0. The number of hydrogen-bond acceptors (Lipinski definition) is 4.